The van der Waals surface area contributed by atoms with E-state index in [1.54, 1.807) is 0 Å². The van der Waals surface area contributed by atoms with Gasteiger partial charge in [0.2, 0.25) is 0 Å². The maximum Gasteiger partial charge on any atom is 0.261 e. The highest BCUT2D eigenvalue weighted by atomic mass is 28.4. The lowest BCUT2D eigenvalue weighted by molar-refractivity contribution is -0.116. The molecule has 1 heterocycles. The minimum atomic E-state index is -2.76. The molecule has 1 N–H and O–H groups in total. The number of Topliss-reactive ketones (excluding diaryl/α,β-unsaturated/α-hetero) is 1. The Morgan fingerprint density at radius 2 is 1.51 bits per heavy atom. The van der Waals surface area contributed by atoms with Gasteiger partial charge in [0.1, 0.15) is 0 Å². The zero-order chi connectivity index (χ0) is 27.2. The number of fused-ring (bicyclic) bond motifs is 5. The highest BCUT2D eigenvalue weighted by Gasteiger charge is 2.52. The van der Waals surface area contributed by atoms with Crippen LogP contribution in [-0.4, -0.2) is 26.7 Å². The summed E-state index contributed by atoms with van der Waals surface area (Å²) < 4.78 is 7.38. The number of nitrogens with one attached hydrogen (secondary N) is 1. The van der Waals surface area contributed by atoms with Crippen LogP contribution in [0.1, 0.15) is 57.9 Å². The van der Waals surface area contributed by atoms with Crippen molar-refractivity contribution in [2.75, 3.05) is 11.9 Å². The molecule has 0 aromatic heterocycles. The van der Waals surface area contributed by atoms with Crippen LogP contribution in [0.2, 0.25) is 5.04 Å². The first kappa shape index (κ1) is 26.0. The summed E-state index contributed by atoms with van der Waals surface area (Å²) in [5.74, 6) is 0.745. The summed E-state index contributed by atoms with van der Waals surface area (Å²) in [4.78, 5) is 13.8. The second kappa shape index (κ2) is 10.1. The molecule has 2 aliphatic carbocycles. The summed E-state index contributed by atoms with van der Waals surface area (Å²) in [7, 11) is -2.76. The van der Waals surface area contributed by atoms with Crippen LogP contribution in [0.3, 0.4) is 0 Å². The summed E-state index contributed by atoms with van der Waals surface area (Å²) in [5.41, 5.74) is 5.57. The minimum absolute atomic E-state index is 0.0970. The number of ketones is 1. The van der Waals surface area contributed by atoms with Crippen molar-refractivity contribution in [3.8, 4) is 0 Å². The van der Waals surface area contributed by atoms with Gasteiger partial charge in [0.15, 0.2) is 5.78 Å². The predicted octanol–water partition coefficient (Wildman–Crippen LogP) is 6.77. The van der Waals surface area contributed by atoms with Crippen molar-refractivity contribution in [1.29, 1.82) is 0 Å². The fourth-order valence-corrected chi connectivity index (χ4v) is 12.0. The fourth-order valence-electron chi connectivity index (χ4n) is 7.47. The van der Waals surface area contributed by atoms with E-state index < -0.39 is 8.32 Å². The van der Waals surface area contributed by atoms with Crippen LogP contribution in [0, 0.1) is 5.92 Å². The Bertz CT molecular complexity index is 1380. The molecule has 0 spiro atoms. The summed E-state index contributed by atoms with van der Waals surface area (Å²) >= 11 is 0. The van der Waals surface area contributed by atoms with E-state index in [-0.39, 0.29) is 22.9 Å². The summed E-state index contributed by atoms with van der Waals surface area (Å²) in [6, 6.07) is 30.2. The number of benzene rings is 3. The summed E-state index contributed by atoms with van der Waals surface area (Å²) in [5, 5.41) is 6.16. The Morgan fingerprint density at radius 1 is 0.897 bits per heavy atom. The molecule has 0 unspecified atom stereocenters. The van der Waals surface area contributed by atoms with Gasteiger partial charge in [0.05, 0.1) is 12.6 Å². The van der Waals surface area contributed by atoms with E-state index >= 15 is 0 Å². The van der Waals surface area contributed by atoms with Gasteiger partial charge in [-0.3, -0.25) is 4.79 Å². The number of hydrogen-bond acceptors (Lipinski definition) is 3. The van der Waals surface area contributed by atoms with Crippen LogP contribution < -0.4 is 15.7 Å². The van der Waals surface area contributed by atoms with E-state index in [9.17, 15) is 4.79 Å². The third-order valence-electron chi connectivity index (χ3n) is 9.20. The van der Waals surface area contributed by atoms with Crippen LogP contribution in [-0.2, 0) is 9.22 Å². The van der Waals surface area contributed by atoms with E-state index in [2.05, 4.69) is 118 Å². The average molecular weight is 534 g/mol. The highest BCUT2D eigenvalue weighted by molar-refractivity contribution is 6.99. The second-order valence-electron chi connectivity index (χ2n) is 12.4. The molecule has 3 nitrogen and oxygen atoms in total. The summed E-state index contributed by atoms with van der Waals surface area (Å²) in [6.07, 6.45) is 3.70. The first-order chi connectivity index (χ1) is 18.8. The smallest absolute Gasteiger partial charge is 0.261 e. The van der Waals surface area contributed by atoms with E-state index in [0.717, 1.165) is 36.0 Å². The quantitative estimate of drug-likeness (QED) is 0.368. The van der Waals surface area contributed by atoms with Gasteiger partial charge in [0, 0.05) is 23.6 Å². The number of hydrogen-bond donors (Lipinski definition) is 1. The SMILES string of the molecule is C=C1C(CO[Si](c2ccccc2)(c2ccccc2)C(C)(C)C)=C2C(=O)CCCC[C@@H]2[C@H]2c3ccccc3N[C@@H]12. The maximum atomic E-state index is 13.8. The van der Waals surface area contributed by atoms with Crippen molar-refractivity contribution in [3.63, 3.8) is 0 Å². The molecule has 0 bridgehead atoms. The molecule has 3 aliphatic rings. The van der Waals surface area contributed by atoms with Crippen molar-refractivity contribution >= 4 is 30.2 Å². The maximum absolute atomic E-state index is 13.8. The Labute approximate surface area is 234 Å². The van der Waals surface area contributed by atoms with Crippen LogP contribution in [0.5, 0.6) is 0 Å². The molecule has 39 heavy (non-hydrogen) atoms. The van der Waals surface area contributed by atoms with Gasteiger partial charge in [-0.05, 0) is 56.9 Å². The van der Waals surface area contributed by atoms with Gasteiger partial charge >= 0.3 is 0 Å². The van der Waals surface area contributed by atoms with Crippen molar-refractivity contribution < 1.29 is 9.22 Å². The molecule has 1 aliphatic heterocycles. The Morgan fingerprint density at radius 3 is 2.15 bits per heavy atom. The summed E-state index contributed by atoms with van der Waals surface area (Å²) in [6.45, 7) is 12.0. The molecular formula is C35H39NO2Si. The molecule has 0 amide bonds. The molecule has 3 atom stereocenters. The monoisotopic (exact) mass is 533 g/mol. The Hall–Kier alpha value is -3.21. The molecule has 4 heteroatoms. The van der Waals surface area contributed by atoms with Gasteiger partial charge in [-0.2, -0.15) is 0 Å². The first-order valence-electron chi connectivity index (χ1n) is 14.4. The molecule has 1 saturated carbocycles. The molecular weight excluding hydrogens is 494 g/mol. The molecule has 6 rings (SSSR count). The number of anilines is 1. The van der Waals surface area contributed by atoms with Crippen LogP contribution >= 0.6 is 0 Å². The number of carbonyl (C=O) groups excluding carboxylic acids is 1. The molecule has 1 fully saturated rings. The van der Waals surface area contributed by atoms with Gasteiger partial charge < -0.3 is 9.74 Å². The van der Waals surface area contributed by atoms with Crippen LogP contribution in [0.4, 0.5) is 5.69 Å². The van der Waals surface area contributed by atoms with Crippen molar-refractivity contribution in [2.24, 2.45) is 5.92 Å². The first-order valence-corrected chi connectivity index (χ1v) is 16.3. The molecule has 0 saturated heterocycles. The van der Waals surface area contributed by atoms with Crippen molar-refractivity contribution in [1.82, 2.24) is 0 Å². The fraction of sp³-hybridized carbons (Fsp3) is 0.343. The molecule has 3 aromatic rings. The minimum Gasteiger partial charge on any atom is -0.403 e. The van der Waals surface area contributed by atoms with Crippen LogP contribution in [0.15, 0.2) is 108 Å². The molecule has 200 valence electrons. The van der Waals surface area contributed by atoms with Gasteiger partial charge in [-0.25, -0.2) is 0 Å². The van der Waals surface area contributed by atoms with Gasteiger partial charge in [-0.1, -0.05) is 113 Å². The normalized spacial score (nSPS) is 23.0. The number of allylic oxidation sites excluding steroid dienone is 1. The van der Waals surface area contributed by atoms with Crippen molar-refractivity contribution in [3.05, 3.63) is 114 Å². The number of carbonyl (C=O) groups is 1. The van der Waals surface area contributed by atoms with E-state index in [0.29, 0.717) is 18.8 Å². The molecule has 0 radical (unpaired) electrons. The lowest BCUT2D eigenvalue weighted by Gasteiger charge is -2.44. The topological polar surface area (TPSA) is 38.3 Å². The lowest BCUT2D eigenvalue weighted by Crippen LogP contribution is -2.66. The number of rotatable bonds is 5. The largest absolute Gasteiger partial charge is 0.403 e. The zero-order valence-electron chi connectivity index (χ0n) is 23.4. The van der Waals surface area contributed by atoms with Gasteiger partial charge in [0.25, 0.3) is 8.32 Å². The third-order valence-corrected chi connectivity index (χ3v) is 14.2. The second-order valence-corrected chi connectivity index (χ2v) is 16.7. The standard InChI is InChI=1S/C35H39NO2Si/c1-24-29(23-38-39(35(2,3)4,25-15-7-5-8-16-25)26-17-9-6-10-18-26)32-28(20-12-14-22-31(32)37)33-27-19-11-13-21-30(27)36-34(24)33/h5-11,13,15-19,21,28,33-34,36H,1,12,14,20,22-23H2,2-4H3/t28-,33+,34-/m0/s1. The van der Waals surface area contributed by atoms with E-state index in [1.165, 1.54) is 21.6 Å². The van der Waals surface area contributed by atoms with E-state index in [1.807, 2.05) is 0 Å². The third kappa shape index (κ3) is 4.25. The zero-order valence-corrected chi connectivity index (χ0v) is 24.4. The van der Waals surface area contributed by atoms with Crippen molar-refractivity contribution in [2.45, 2.75) is 63.5 Å². The lowest BCUT2D eigenvalue weighted by atomic mass is 9.67. The average Bonchev–Trinajstić information content (AvgIpc) is 3.23. The Kier molecular flexibility index (Phi) is 6.72. The Balaban J connectivity index is 1.48. The number of para-hydroxylation sites is 1. The van der Waals surface area contributed by atoms with Crippen LogP contribution in [0.25, 0.3) is 0 Å². The molecule has 3 aromatic carbocycles. The van der Waals surface area contributed by atoms with E-state index in [4.69, 9.17) is 4.43 Å². The highest BCUT2D eigenvalue weighted by Crippen LogP contribution is 2.53. The van der Waals surface area contributed by atoms with Gasteiger partial charge in [-0.15, -0.1) is 0 Å². The predicted molar refractivity (Wildman–Crippen MR) is 163 cm³/mol.